The molecule has 12 atom stereocenters. The minimum absolute atomic E-state index is 0.0554. The molecule has 5 fully saturated rings. The summed E-state index contributed by atoms with van der Waals surface area (Å²) in [6, 6.07) is 6.58. The Bertz CT molecular complexity index is 1010. The van der Waals surface area contributed by atoms with Gasteiger partial charge in [-0.1, -0.05) is 38.5 Å². The van der Waals surface area contributed by atoms with Gasteiger partial charge >= 0.3 is 0 Å². The molecule has 222 valence electrons. The minimum Gasteiger partial charge on any atom is -0.389 e. The summed E-state index contributed by atoms with van der Waals surface area (Å²) < 4.78 is 52.1. The normalized spacial score (nSPS) is 42.2. The first-order chi connectivity index (χ1) is 18.5. The van der Waals surface area contributed by atoms with E-state index in [0.29, 0.717) is 17.5 Å². The quantitative estimate of drug-likeness (QED) is 0.491. The van der Waals surface area contributed by atoms with Gasteiger partial charge in [0, 0.05) is 29.8 Å². The van der Waals surface area contributed by atoms with Crippen LogP contribution in [0.3, 0.4) is 0 Å². The molecule has 11 heteroatoms. The lowest BCUT2D eigenvalue weighted by Crippen LogP contribution is -2.32. The van der Waals surface area contributed by atoms with Crippen LogP contribution in [0.4, 0.5) is 0 Å². The topological polar surface area (TPSA) is 101 Å². The van der Waals surface area contributed by atoms with Crippen LogP contribution in [0, 0.1) is 18.8 Å². The monoisotopic (exact) mass is 604 g/mol. The smallest absolute Gasteiger partial charge is 0.297 e. The third-order valence-corrected chi connectivity index (χ3v) is 12.9. The first-order valence-electron chi connectivity index (χ1n) is 13.9. The number of aryl methyl sites for hydroxylation is 1. The molecule has 5 heterocycles. The van der Waals surface area contributed by atoms with E-state index < -0.39 is 22.5 Å². The highest BCUT2D eigenvalue weighted by molar-refractivity contribution is 8.00. The highest BCUT2D eigenvalue weighted by atomic mass is 32.2. The van der Waals surface area contributed by atoms with Crippen LogP contribution in [0.15, 0.2) is 29.2 Å². The molecule has 0 aromatic heterocycles. The van der Waals surface area contributed by atoms with E-state index in [9.17, 15) is 13.5 Å². The van der Waals surface area contributed by atoms with Crippen molar-refractivity contribution >= 4 is 33.6 Å². The van der Waals surface area contributed by atoms with Gasteiger partial charge in [0.15, 0.2) is 6.29 Å². The molecule has 5 saturated heterocycles. The Hall–Kier alpha value is -0.370. The molecule has 0 saturated carbocycles. The van der Waals surface area contributed by atoms with Crippen LogP contribution in [0.1, 0.15) is 46.6 Å². The van der Waals surface area contributed by atoms with Crippen LogP contribution >= 0.6 is 23.5 Å². The maximum Gasteiger partial charge on any atom is 0.297 e. The van der Waals surface area contributed by atoms with Gasteiger partial charge in [-0.05, 0) is 45.2 Å². The Kier molecular flexibility index (Phi) is 10.8. The molecule has 0 amide bonds. The third-order valence-electron chi connectivity index (χ3n) is 8.30. The molecule has 0 spiro atoms. The predicted molar refractivity (Wildman–Crippen MR) is 155 cm³/mol. The molecule has 5 aliphatic heterocycles. The van der Waals surface area contributed by atoms with Crippen molar-refractivity contribution in [2.45, 2.75) is 112 Å². The van der Waals surface area contributed by atoms with Crippen molar-refractivity contribution in [1.29, 1.82) is 0 Å². The van der Waals surface area contributed by atoms with Crippen molar-refractivity contribution in [3.05, 3.63) is 29.8 Å². The summed E-state index contributed by atoms with van der Waals surface area (Å²) in [5.41, 5.74) is 0.993. The molecule has 6 rings (SSSR count). The summed E-state index contributed by atoms with van der Waals surface area (Å²) in [6.45, 7) is 12.3. The van der Waals surface area contributed by atoms with Crippen LogP contribution in [0.5, 0.6) is 0 Å². The standard InChI is InChI=1S/C15H22O5S.C7H12OS.C6H10O2S/c1-5-13-11(3)14(15(18-4)19-13)20-21(16,17)12-8-6-10(2)7-9-12;1-4-6-3-9-7(4)5(2)8-6;1-3-6-5(7)4(8-3)2-9-6/h6-9,11,13-15H,5H2,1-4H3;4-7H,3H2,1-2H3;3-7H,2H2,1H3/t11-,13+,14+,15?;;/m0../s1. The fourth-order valence-corrected chi connectivity index (χ4v) is 9.97. The Morgan fingerprint density at radius 2 is 1.51 bits per heavy atom. The van der Waals surface area contributed by atoms with Crippen molar-refractivity contribution in [3.63, 3.8) is 0 Å². The van der Waals surface area contributed by atoms with E-state index in [4.69, 9.17) is 23.1 Å². The summed E-state index contributed by atoms with van der Waals surface area (Å²) in [7, 11) is -2.34. The number of thioether (sulfide) groups is 2. The van der Waals surface area contributed by atoms with Crippen molar-refractivity contribution in [3.8, 4) is 0 Å². The van der Waals surface area contributed by atoms with Gasteiger partial charge in [0.05, 0.1) is 46.8 Å². The number of fused-ring (bicyclic) bond motifs is 4. The second kappa shape index (κ2) is 13.3. The Labute approximate surface area is 242 Å². The van der Waals surface area contributed by atoms with E-state index in [2.05, 4.69) is 25.6 Å². The average Bonchev–Trinajstić information content (AvgIpc) is 3.67. The van der Waals surface area contributed by atoms with E-state index in [0.717, 1.165) is 28.9 Å². The summed E-state index contributed by atoms with van der Waals surface area (Å²) in [5.74, 6) is 2.97. The van der Waals surface area contributed by atoms with Crippen molar-refractivity contribution in [2.24, 2.45) is 11.8 Å². The number of aliphatic hydroxyl groups is 1. The lowest BCUT2D eigenvalue weighted by Gasteiger charge is -2.20. The van der Waals surface area contributed by atoms with Gasteiger partial charge < -0.3 is 24.1 Å². The summed E-state index contributed by atoms with van der Waals surface area (Å²) in [6.07, 6.45) is 0.734. The Morgan fingerprint density at radius 3 is 1.90 bits per heavy atom. The van der Waals surface area contributed by atoms with E-state index in [1.54, 1.807) is 24.3 Å². The van der Waals surface area contributed by atoms with Crippen LogP contribution in [0.2, 0.25) is 0 Å². The fraction of sp³-hybridized carbons (Fsp3) is 0.786. The Morgan fingerprint density at radius 1 is 0.923 bits per heavy atom. The third kappa shape index (κ3) is 7.00. The zero-order chi connectivity index (χ0) is 28.5. The van der Waals surface area contributed by atoms with Crippen LogP contribution in [-0.2, 0) is 33.2 Å². The minimum atomic E-state index is -3.83. The van der Waals surface area contributed by atoms with E-state index in [1.807, 2.05) is 39.5 Å². The van der Waals surface area contributed by atoms with Crippen LogP contribution in [-0.4, -0.2) is 91.7 Å². The molecule has 5 aliphatic rings. The molecule has 4 bridgehead atoms. The summed E-state index contributed by atoms with van der Waals surface area (Å²) in [5, 5.41) is 10.5. The predicted octanol–water partition coefficient (Wildman–Crippen LogP) is 4.26. The molecule has 0 aliphatic carbocycles. The van der Waals surface area contributed by atoms with Crippen molar-refractivity contribution in [1.82, 2.24) is 0 Å². The fourth-order valence-electron chi connectivity index (χ4n) is 5.83. The largest absolute Gasteiger partial charge is 0.389 e. The molecule has 8 nitrogen and oxygen atoms in total. The number of hydrogen-bond acceptors (Lipinski definition) is 10. The number of benzene rings is 1. The van der Waals surface area contributed by atoms with Crippen molar-refractivity contribution < 1.29 is 36.7 Å². The maximum absolute atomic E-state index is 12.4. The van der Waals surface area contributed by atoms with Gasteiger partial charge in [0.1, 0.15) is 6.10 Å². The lowest BCUT2D eigenvalue weighted by molar-refractivity contribution is -0.142. The zero-order valence-corrected chi connectivity index (χ0v) is 26.3. The molecule has 1 aromatic rings. The van der Waals surface area contributed by atoms with E-state index >= 15 is 0 Å². The van der Waals surface area contributed by atoms with Gasteiger partial charge in [-0.25, -0.2) is 0 Å². The molecular formula is C28H44O8S3. The van der Waals surface area contributed by atoms with Crippen LogP contribution in [0.25, 0.3) is 0 Å². The maximum atomic E-state index is 12.4. The SMILES string of the molecule is CC1OC2CSC1C2C.CC1OC2CSC1C2O.CC[C@H]1OC(OC)[C@H](OS(=O)(=O)c2ccc(C)cc2)[C@H]1C. The second-order valence-electron chi connectivity index (χ2n) is 11.1. The number of methoxy groups -OCH3 is 1. The second-order valence-corrected chi connectivity index (χ2v) is 15.1. The summed E-state index contributed by atoms with van der Waals surface area (Å²) >= 11 is 3.92. The first-order valence-corrected chi connectivity index (χ1v) is 17.4. The van der Waals surface area contributed by atoms with Crippen molar-refractivity contribution in [2.75, 3.05) is 18.6 Å². The molecule has 1 aromatic carbocycles. The van der Waals surface area contributed by atoms with Gasteiger partial charge in [-0.2, -0.15) is 31.9 Å². The van der Waals surface area contributed by atoms with E-state index in [1.165, 1.54) is 12.9 Å². The van der Waals surface area contributed by atoms with Gasteiger partial charge in [-0.3, -0.25) is 4.18 Å². The number of rotatable bonds is 5. The Balaban J connectivity index is 0.000000159. The molecule has 1 N–H and O–H groups in total. The van der Waals surface area contributed by atoms with Gasteiger partial charge in [0.2, 0.25) is 0 Å². The molecular weight excluding hydrogens is 561 g/mol. The molecule has 9 unspecified atom stereocenters. The number of aliphatic hydroxyl groups excluding tert-OH is 1. The molecule has 39 heavy (non-hydrogen) atoms. The molecule has 0 radical (unpaired) electrons. The van der Waals surface area contributed by atoms with Crippen LogP contribution < -0.4 is 0 Å². The first kappa shape index (κ1) is 31.6. The zero-order valence-electron chi connectivity index (χ0n) is 23.9. The highest BCUT2D eigenvalue weighted by Crippen LogP contribution is 2.44. The van der Waals surface area contributed by atoms with Gasteiger partial charge in [0.25, 0.3) is 10.1 Å². The van der Waals surface area contributed by atoms with E-state index in [-0.39, 0.29) is 35.2 Å². The summed E-state index contributed by atoms with van der Waals surface area (Å²) in [4.78, 5) is 0.148. The highest BCUT2D eigenvalue weighted by Gasteiger charge is 2.48. The average molecular weight is 605 g/mol. The lowest BCUT2D eigenvalue weighted by atomic mass is 9.99. The number of ether oxygens (including phenoxy) is 4. The number of hydrogen-bond donors (Lipinski definition) is 1. The van der Waals surface area contributed by atoms with Gasteiger partial charge in [-0.15, -0.1) is 0 Å².